The zero-order valence-electron chi connectivity index (χ0n) is 16.4. The van der Waals surface area contributed by atoms with Gasteiger partial charge in [0.1, 0.15) is 23.2 Å². The lowest BCUT2D eigenvalue weighted by Gasteiger charge is -2.13. The smallest absolute Gasteiger partial charge is 0.387 e. The number of fused-ring (bicyclic) bond motifs is 1. The summed E-state index contributed by atoms with van der Waals surface area (Å²) in [6, 6.07) is 15.5. The summed E-state index contributed by atoms with van der Waals surface area (Å²) in [6.45, 7) is 1.25. The number of halogens is 2. The predicted molar refractivity (Wildman–Crippen MR) is 112 cm³/mol. The van der Waals surface area contributed by atoms with Crippen LogP contribution in [0.5, 0.6) is 5.75 Å². The Hall–Kier alpha value is -3.75. The first-order valence-corrected chi connectivity index (χ1v) is 9.35. The van der Waals surface area contributed by atoms with E-state index in [1.54, 1.807) is 18.2 Å². The summed E-state index contributed by atoms with van der Waals surface area (Å²) in [4.78, 5) is 13.6. The van der Waals surface area contributed by atoms with Crippen molar-refractivity contribution in [2.24, 2.45) is 0 Å². The molecule has 2 heterocycles. The molecule has 0 aliphatic heterocycles. The molecule has 2 aromatic carbocycles. The quantitative estimate of drug-likeness (QED) is 0.471. The van der Waals surface area contributed by atoms with Crippen molar-refractivity contribution in [2.75, 3.05) is 11.1 Å². The number of benzene rings is 2. The number of ether oxygens (including phenoxy) is 1. The van der Waals surface area contributed by atoms with Gasteiger partial charge < -0.3 is 15.8 Å². The Morgan fingerprint density at radius 1 is 1.00 bits per heavy atom. The van der Waals surface area contributed by atoms with E-state index in [2.05, 4.69) is 33.9 Å². The molecule has 0 radical (unpaired) electrons. The number of hydrogen-bond acceptors (Lipinski definition) is 6. The van der Waals surface area contributed by atoms with Crippen molar-refractivity contribution >= 4 is 28.5 Å². The first kappa shape index (κ1) is 19.6. The average Bonchev–Trinajstić information content (AvgIpc) is 3.09. The van der Waals surface area contributed by atoms with E-state index in [-0.39, 0.29) is 23.4 Å². The number of aromatic nitrogens is 4. The fourth-order valence-electron chi connectivity index (χ4n) is 3.14. The zero-order valence-corrected chi connectivity index (χ0v) is 16.4. The second-order valence-corrected chi connectivity index (χ2v) is 6.95. The molecule has 3 N–H and O–H groups in total. The fourth-order valence-corrected chi connectivity index (χ4v) is 3.14. The Morgan fingerprint density at radius 3 is 2.43 bits per heavy atom. The van der Waals surface area contributed by atoms with Crippen molar-refractivity contribution in [3.8, 4) is 11.6 Å². The second kappa shape index (κ2) is 7.94. The molecule has 154 valence electrons. The summed E-state index contributed by atoms with van der Waals surface area (Å²) in [5.74, 6) is 2.23. The standard InChI is InChI=1S/C21H20F2N6O/c1-12(2)19-26-15-5-3-4-6-16(15)29(19)18-11-17(24)27-21(28-18)25-13-7-9-14(10-8-13)30-20(22)23/h3-12,20H,1-2H3,(H3,24,25,27,28). The van der Waals surface area contributed by atoms with E-state index in [0.29, 0.717) is 11.5 Å². The van der Waals surface area contributed by atoms with Crippen LogP contribution in [0.3, 0.4) is 0 Å². The number of nitrogens with one attached hydrogen (secondary N) is 1. The van der Waals surface area contributed by atoms with Gasteiger partial charge in [-0.2, -0.15) is 18.7 Å². The van der Waals surface area contributed by atoms with Gasteiger partial charge in [-0.05, 0) is 36.4 Å². The molecule has 0 spiro atoms. The van der Waals surface area contributed by atoms with Crippen LogP contribution in [0.25, 0.3) is 16.9 Å². The molecular weight excluding hydrogens is 390 g/mol. The molecule has 9 heteroatoms. The summed E-state index contributed by atoms with van der Waals surface area (Å²) in [6.07, 6.45) is 0. The van der Waals surface area contributed by atoms with E-state index >= 15 is 0 Å². The Kier molecular flexibility index (Phi) is 5.18. The van der Waals surface area contributed by atoms with Gasteiger partial charge in [-0.1, -0.05) is 26.0 Å². The Labute approximate surface area is 171 Å². The van der Waals surface area contributed by atoms with Gasteiger partial charge in [0.15, 0.2) is 0 Å². The van der Waals surface area contributed by atoms with E-state index in [1.165, 1.54) is 12.1 Å². The highest BCUT2D eigenvalue weighted by molar-refractivity contribution is 5.78. The van der Waals surface area contributed by atoms with E-state index < -0.39 is 6.61 Å². The minimum Gasteiger partial charge on any atom is -0.435 e. The van der Waals surface area contributed by atoms with Crippen molar-refractivity contribution in [1.29, 1.82) is 0 Å². The Bertz CT molecular complexity index is 1170. The van der Waals surface area contributed by atoms with Crippen molar-refractivity contribution < 1.29 is 13.5 Å². The number of para-hydroxylation sites is 2. The number of nitrogens with two attached hydrogens (primary N) is 1. The molecule has 0 aliphatic rings. The highest BCUT2D eigenvalue weighted by Gasteiger charge is 2.17. The maximum Gasteiger partial charge on any atom is 0.387 e. The number of hydrogen-bond donors (Lipinski definition) is 2. The molecule has 0 saturated heterocycles. The van der Waals surface area contributed by atoms with Crippen LogP contribution in [0.1, 0.15) is 25.6 Å². The first-order chi connectivity index (χ1) is 14.4. The molecule has 0 fully saturated rings. The van der Waals surface area contributed by atoms with Gasteiger partial charge >= 0.3 is 6.61 Å². The van der Waals surface area contributed by atoms with Gasteiger partial charge in [0.25, 0.3) is 0 Å². The summed E-state index contributed by atoms with van der Waals surface area (Å²) < 4.78 is 30.9. The molecule has 0 saturated carbocycles. The van der Waals surface area contributed by atoms with Crippen molar-refractivity contribution in [1.82, 2.24) is 19.5 Å². The molecule has 0 bridgehead atoms. The van der Waals surface area contributed by atoms with Gasteiger partial charge in [0.05, 0.1) is 11.0 Å². The lowest BCUT2D eigenvalue weighted by atomic mass is 10.2. The van der Waals surface area contributed by atoms with Gasteiger partial charge in [0.2, 0.25) is 5.95 Å². The van der Waals surface area contributed by atoms with Gasteiger partial charge in [0, 0.05) is 17.7 Å². The number of rotatable bonds is 6. The van der Waals surface area contributed by atoms with Crippen molar-refractivity contribution in [2.45, 2.75) is 26.4 Å². The molecule has 30 heavy (non-hydrogen) atoms. The third-order valence-electron chi connectivity index (χ3n) is 4.40. The topological polar surface area (TPSA) is 90.9 Å². The number of alkyl halides is 2. The van der Waals surface area contributed by atoms with Crippen molar-refractivity contribution in [3.05, 3.63) is 60.4 Å². The summed E-state index contributed by atoms with van der Waals surface area (Å²) in [5.41, 5.74) is 8.42. The Balaban J connectivity index is 1.71. The zero-order chi connectivity index (χ0) is 21.3. The van der Waals surface area contributed by atoms with Gasteiger partial charge in [-0.3, -0.25) is 4.57 Å². The predicted octanol–water partition coefficient (Wildman–Crippen LogP) is 4.87. The molecule has 2 aromatic heterocycles. The number of imidazole rings is 1. The molecule has 4 aromatic rings. The van der Waals surface area contributed by atoms with Crippen LogP contribution in [0.2, 0.25) is 0 Å². The number of nitrogens with zero attached hydrogens (tertiary/aromatic N) is 4. The maximum absolute atomic E-state index is 12.3. The van der Waals surface area contributed by atoms with Gasteiger partial charge in [-0.15, -0.1) is 0 Å². The van der Waals surface area contributed by atoms with E-state index in [4.69, 9.17) is 10.7 Å². The third-order valence-corrected chi connectivity index (χ3v) is 4.40. The normalized spacial score (nSPS) is 11.4. The molecular formula is C21H20F2N6O. The van der Waals surface area contributed by atoms with Crippen LogP contribution >= 0.6 is 0 Å². The van der Waals surface area contributed by atoms with Crippen LogP contribution in [0.15, 0.2) is 54.6 Å². The average molecular weight is 410 g/mol. The van der Waals surface area contributed by atoms with E-state index in [0.717, 1.165) is 16.9 Å². The maximum atomic E-state index is 12.3. The molecule has 4 rings (SSSR count). The van der Waals surface area contributed by atoms with E-state index in [1.807, 2.05) is 28.8 Å². The Morgan fingerprint density at radius 2 is 1.73 bits per heavy atom. The van der Waals surface area contributed by atoms with Gasteiger partial charge in [-0.25, -0.2) is 4.98 Å². The van der Waals surface area contributed by atoms with E-state index in [9.17, 15) is 8.78 Å². The lowest BCUT2D eigenvalue weighted by molar-refractivity contribution is -0.0498. The highest BCUT2D eigenvalue weighted by atomic mass is 19.3. The molecule has 0 unspecified atom stereocenters. The highest BCUT2D eigenvalue weighted by Crippen LogP contribution is 2.27. The van der Waals surface area contributed by atoms with Crippen molar-refractivity contribution in [3.63, 3.8) is 0 Å². The minimum absolute atomic E-state index is 0.0659. The largest absolute Gasteiger partial charge is 0.435 e. The van der Waals surface area contributed by atoms with Crippen LogP contribution in [0.4, 0.5) is 26.2 Å². The summed E-state index contributed by atoms with van der Waals surface area (Å²) in [5, 5.41) is 3.05. The number of nitrogen functional groups attached to an aromatic ring is 1. The van der Waals surface area contributed by atoms with Crippen LogP contribution in [-0.2, 0) is 0 Å². The van der Waals surface area contributed by atoms with Crippen LogP contribution < -0.4 is 15.8 Å². The lowest BCUT2D eigenvalue weighted by Crippen LogP contribution is -2.09. The summed E-state index contributed by atoms with van der Waals surface area (Å²) >= 11 is 0. The van der Waals surface area contributed by atoms with Crippen LogP contribution in [0, 0.1) is 0 Å². The number of anilines is 3. The fraction of sp³-hybridized carbons (Fsp3) is 0.190. The first-order valence-electron chi connectivity index (χ1n) is 9.35. The molecule has 0 aliphatic carbocycles. The SMILES string of the molecule is CC(C)c1nc2ccccc2n1-c1cc(N)nc(Nc2ccc(OC(F)F)cc2)n1. The summed E-state index contributed by atoms with van der Waals surface area (Å²) in [7, 11) is 0. The molecule has 0 atom stereocenters. The third kappa shape index (κ3) is 4.00. The minimum atomic E-state index is -2.87. The monoisotopic (exact) mass is 410 g/mol. The second-order valence-electron chi connectivity index (χ2n) is 6.95. The molecule has 0 amide bonds. The van der Waals surface area contributed by atoms with Crippen LogP contribution in [-0.4, -0.2) is 26.1 Å². The molecule has 7 nitrogen and oxygen atoms in total.